The summed E-state index contributed by atoms with van der Waals surface area (Å²) in [4.78, 5) is 2.49. The van der Waals surface area contributed by atoms with Crippen LogP contribution in [0.1, 0.15) is 22.3 Å². The van der Waals surface area contributed by atoms with Crippen LogP contribution in [0.5, 0.6) is 0 Å². The highest BCUT2D eigenvalue weighted by molar-refractivity contribution is 6.10. The predicted octanol–water partition coefficient (Wildman–Crippen LogP) is 17.6. The lowest BCUT2D eigenvalue weighted by Crippen LogP contribution is -2.28. The number of aromatic nitrogens is 1. The Labute approximate surface area is 403 Å². The van der Waals surface area contributed by atoms with Gasteiger partial charge in [0.25, 0.3) is 0 Å². The van der Waals surface area contributed by atoms with Gasteiger partial charge in [-0.05, 0) is 122 Å². The van der Waals surface area contributed by atoms with Crippen molar-refractivity contribution < 1.29 is 0 Å². The Morgan fingerprint density at radius 3 is 1.49 bits per heavy atom. The number of benzene rings is 11. The number of anilines is 3. The van der Waals surface area contributed by atoms with Crippen molar-refractivity contribution in [2.45, 2.75) is 5.41 Å². The lowest BCUT2D eigenvalue weighted by atomic mass is 9.67. The summed E-state index contributed by atoms with van der Waals surface area (Å²) in [6, 6.07) is 102. The van der Waals surface area contributed by atoms with E-state index in [1.54, 1.807) is 0 Å². The Balaban J connectivity index is 1.09. The quantitative estimate of drug-likeness (QED) is 0.140. The molecule has 0 saturated carbocycles. The summed E-state index contributed by atoms with van der Waals surface area (Å²) in [5.74, 6) is 0. The third kappa shape index (κ3) is 6.64. The number of nitrogens with zero attached hydrogens (tertiary/aromatic N) is 2. The van der Waals surface area contributed by atoms with Crippen molar-refractivity contribution in [3.63, 3.8) is 0 Å². The van der Waals surface area contributed by atoms with E-state index in [0.717, 1.165) is 39.4 Å². The van der Waals surface area contributed by atoms with E-state index in [-0.39, 0.29) is 0 Å². The van der Waals surface area contributed by atoms with E-state index in [1.807, 2.05) is 0 Å². The van der Waals surface area contributed by atoms with Crippen molar-refractivity contribution in [1.29, 1.82) is 0 Å². The molecule has 1 aliphatic rings. The van der Waals surface area contributed by atoms with Crippen LogP contribution in [0.2, 0.25) is 0 Å². The Morgan fingerprint density at radius 1 is 0.290 bits per heavy atom. The van der Waals surface area contributed by atoms with E-state index in [2.05, 4.69) is 289 Å². The van der Waals surface area contributed by atoms with Gasteiger partial charge in [-0.25, -0.2) is 0 Å². The largest absolute Gasteiger partial charge is 0.310 e. The molecule has 2 heteroatoms. The molecule has 0 atom stereocenters. The minimum atomic E-state index is -0.552. The van der Waals surface area contributed by atoms with Gasteiger partial charge in [-0.3, -0.25) is 0 Å². The zero-order valence-corrected chi connectivity index (χ0v) is 38.0. The van der Waals surface area contributed by atoms with Gasteiger partial charge in [0, 0.05) is 33.4 Å². The molecule has 0 saturated heterocycles. The van der Waals surface area contributed by atoms with Crippen LogP contribution in [-0.4, -0.2) is 4.57 Å². The van der Waals surface area contributed by atoms with E-state index in [0.29, 0.717) is 0 Å². The summed E-state index contributed by atoms with van der Waals surface area (Å²) in [6.07, 6.45) is 0. The maximum absolute atomic E-state index is 2.49. The van der Waals surface area contributed by atoms with Crippen LogP contribution in [0.3, 0.4) is 0 Å². The van der Waals surface area contributed by atoms with Crippen LogP contribution in [-0.2, 0) is 5.41 Å². The summed E-state index contributed by atoms with van der Waals surface area (Å²) < 4.78 is 2.42. The normalized spacial score (nSPS) is 12.5. The number of fused-ring (bicyclic) bond motifs is 6. The molecule has 0 radical (unpaired) electrons. The second kappa shape index (κ2) is 16.7. The van der Waals surface area contributed by atoms with Gasteiger partial charge in [0.1, 0.15) is 0 Å². The van der Waals surface area contributed by atoms with Crippen molar-refractivity contribution >= 4 is 38.9 Å². The summed E-state index contributed by atoms with van der Waals surface area (Å²) in [5, 5.41) is 2.46. The molecule has 12 aromatic rings. The lowest BCUT2D eigenvalue weighted by Gasteiger charge is -2.35. The first-order valence-corrected chi connectivity index (χ1v) is 23.8. The van der Waals surface area contributed by atoms with E-state index in [4.69, 9.17) is 0 Å². The molecule has 0 spiro atoms. The molecule has 0 N–H and O–H groups in total. The first-order chi connectivity index (χ1) is 34.2. The van der Waals surface area contributed by atoms with Crippen LogP contribution in [0.25, 0.3) is 72.0 Å². The second-order valence-corrected chi connectivity index (χ2v) is 18.0. The molecular formula is C67H46N2. The zero-order chi connectivity index (χ0) is 45.7. The summed E-state index contributed by atoms with van der Waals surface area (Å²) in [7, 11) is 0. The molecule has 324 valence electrons. The average molecular weight is 879 g/mol. The lowest BCUT2D eigenvalue weighted by molar-refractivity contribution is 0.768. The maximum atomic E-state index is 2.49. The van der Waals surface area contributed by atoms with Gasteiger partial charge in [0.2, 0.25) is 0 Å². The topological polar surface area (TPSA) is 8.17 Å². The van der Waals surface area contributed by atoms with E-state index >= 15 is 0 Å². The fourth-order valence-electron chi connectivity index (χ4n) is 11.2. The van der Waals surface area contributed by atoms with Gasteiger partial charge in [-0.2, -0.15) is 0 Å². The van der Waals surface area contributed by atoms with Crippen LogP contribution >= 0.6 is 0 Å². The molecule has 13 rings (SSSR count). The molecule has 11 aromatic carbocycles. The average Bonchev–Trinajstić information content (AvgIpc) is 3.92. The molecular weight excluding hydrogens is 833 g/mol. The Bertz CT molecular complexity index is 3760. The standard InChI is InChI=1S/C67H46N2/c1-6-20-47(21-7-1)49-34-38-55(39-35-49)68(56-40-42-58-57-30-16-18-32-62(57)67(63(58)46-56,52-24-10-3-11-25-52)53-26-12-4-13-27-53)65-43-37-50(48-22-8-2-9-23-48)44-61(65)51-36-41-60-59-31-17-19-33-64(59)69(66(60)45-51)54-28-14-5-15-29-54/h1-46H. The summed E-state index contributed by atoms with van der Waals surface area (Å²) >= 11 is 0. The molecule has 2 nitrogen and oxygen atoms in total. The van der Waals surface area contributed by atoms with Crippen molar-refractivity contribution in [3.8, 4) is 50.2 Å². The van der Waals surface area contributed by atoms with E-state index in [9.17, 15) is 0 Å². The molecule has 1 aliphatic carbocycles. The highest BCUT2D eigenvalue weighted by atomic mass is 15.1. The van der Waals surface area contributed by atoms with Crippen LogP contribution < -0.4 is 4.90 Å². The maximum Gasteiger partial charge on any atom is 0.0714 e. The Kier molecular flexibility index (Phi) is 9.77. The van der Waals surface area contributed by atoms with Gasteiger partial charge in [-0.1, -0.05) is 218 Å². The summed E-state index contributed by atoms with van der Waals surface area (Å²) in [6.45, 7) is 0. The van der Waals surface area contributed by atoms with Crippen molar-refractivity contribution in [3.05, 3.63) is 301 Å². The monoisotopic (exact) mass is 878 g/mol. The molecule has 1 aromatic heterocycles. The number of para-hydroxylation sites is 2. The Morgan fingerprint density at radius 2 is 0.797 bits per heavy atom. The van der Waals surface area contributed by atoms with Crippen LogP contribution in [0, 0.1) is 0 Å². The number of rotatable bonds is 9. The minimum absolute atomic E-state index is 0.552. The third-order valence-electron chi connectivity index (χ3n) is 14.3. The van der Waals surface area contributed by atoms with Crippen molar-refractivity contribution in [1.82, 2.24) is 4.57 Å². The molecule has 0 bridgehead atoms. The molecule has 69 heavy (non-hydrogen) atoms. The van der Waals surface area contributed by atoms with E-state index < -0.39 is 5.41 Å². The second-order valence-electron chi connectivity index (χ2n) is 18.0. The molecule has 0 amide bonds. The van der Waals surface area contributed by atoms with Gasteiger partial charge in [0.15, 0.2) is 0 Å². The van der Waals surface area contributed by atoms with Crippen LogP contribution in [0.15, 0.2) is 279 Å². The highest BCUT2D eigenvalue weighted by Gasteiger charge is 2.46. The molecule has 1 heterocycles. The predicted molar refractivity (Wildman–Crippen MR) is 289 cm³/mol. The third-order valence-corrected chi connectivity index (χ3v) is 14.3. The van der Waals surface area contributed by atoms with Gasteiger partial charge in [0.05, 0.1) is 22.1 Å². The fraction of sp³-hybridized carbons (Fsp3) is 0.0149. The van der Waals surface area contributed by atoms with E-state index in [1.165, 1.54) is 71.9 Å². The van der Waals surface area contributed by atoms with Gasteiger partial charge in [-0.15, -0.1) is 0 Å². The number of hydrogen-bond donors (Lipinski definition) is 0. The SMILES string of the molecule is c1ccc(-c2ccc(N(c3ccc4c(c3)C(c3ccccc3)(c3ccccc3)c3ccccc3-4)c3ccc(-c4ccccc4)cc3-c3ccc4c5ccccc5n(-c5ccccc5)c4c3)cc2)cc1. The van der Waals surface area contributed by atoms with Gasteiger partial charge < -0.3 is 9.47 Å². The summed E-state index contributed by atoms with van der Waals surface area (Å²) in [5.41, 5.74) is 20.7. The smallest absolute Gasteiger partial charge is 0.0714 e. The van der Waals surface area contributed by atoms with Crippen molar-refractivity contribution in [2.24, 2.45) is 0 Å². The Hall–Kier alpha value is -8.98. The first kappa shape index (κ1) is 40.3. The molecule has 0 unspecified atom stereocenters. The molecule has 0 aliphatic heterocycles. The fourth-order valence-corrected chi connectivity index (χ4v) is 11.2. The van der Waals surface area contributed by atoms with Crippen molar-refractivity contribution in [2.75, 3.05) is 4.90 Å². The van der Waals surface area contributed by atoms with Gasteiger partial charge >= 0.3 is 0 Å². The highest BCUT2D eigenvalue weighted by Crippen LogP contribution is 2.57. The van der Waals surface area contributed by atoms with Crippen LogP contribution in [0.4, 0.5) is 17.1 Å². The zero-order valence-electron chi connectivity index (χ0n) is 38.0. The minimum Gasteiger partial charge on any atom is -0.310 e. The number of hydrogen-bond acceptors (Lipinski definition) is 1. The first-order valence-electron chi connectivity index (χ1n) is 23.8. The molecule has 0 fully saturated rings.